The molecule has 0 saturated carbocycles. The molecule has 3 N–H and O–H groups in total. The summed E-state index contributed by atoms with van der Waals surface area (Å²) < 4.78 is 5.60. The van der Waals surface area contributed by atoms with Gasteiger partial charge in [-0.1, -0.05) is 6.07 Å². The van der Waals surface area contributed by atoms with Crippen LogP contribution in [0.2, 0.25) is 0 Å². The molecule has 116 valence electrons. The molecule has 0 aliphatic heterocycles. The summed E-state index contributed by atoms with van der Waals surface area (Å²) in [6, 6.07) is 7.31. The average Bonchev–Trinajstić information content (AvgIpc) is 2.35. The summed E-state index contributed by atoms with van der Waals surface area (Å²) in [5, 5.41) is 2.69. The van der Waals surface area contributed by atoms with E-state index in [1.165, 1.54) is 0 Å². The zero-order chi connectivity index (χ0) is 13.4. The van der Waals surface area contributed by atoms with Crippen LogP contribution in [0.1, 0.15) is 6.42 Å². The van der Waals surface area contributed by atoms with E-state index < -0.39 is 0 Å². The van der Waals surface area contributed by atoms with Crippen LogP contribution in [0, 0.1) is 0 Å². The zero-order valence-electron chi connectivity index (χ0n) is 11.8. The van der Waals surface area contributed by atoms with Crippen LogP contribution < -0.4 is 15.8 Å². The summed E-state index contributed by atoms with van der Waals surface area (Å²) in [4.78, 5) is 13.3. The van der Waals surface area contributed by atoms with Gasteiger partial charge in [-0.3, -0.25) is 4.79 Å². The Kier molecular flexibility index (Phi) is 12.5. The van der Waals surface area contributed by atoms with Gasteiger partial charge in [0.05, 0.1) is 13.2 Å². The Bertz CT molecular complexity index is 390. The molecule has 0 aliphatic rings. The summed E-state index contributed by atoms with van der Waals surface area (Å²) in [5.41, 5.74) is 5.94. The van der Waals surface area contributed by atoms with E-state index in [-0.39, 0.29) is 37.3 Å². The molecule has 1 aromatic rings. The molecule has 0 heterocycles. The fourth-order valence-corrected chi connectivity index (χ4v) is 1.45. The van der Waals surface area contributed by atoms with Gasteiger partial charge in [-0.2, -0.15) is 0 Å². The predicted molar refractivity (Wildman–Crippen MR) is 87.3 cm³/mol. The van der Waals surface area contributed by atoms with Gasteiger partial charge in [0.2, 0.25) is 5.91 Å². The molecule has 0 bridgehead atoms. The Morgan fingerprint density at radius 2 is 2.05 bits per heavy atom. The number of halogens is 2. The van der Waals surface area contributed by atoms with E-state index in [0.29, 0.717) is 12.3 Å². The Morgan fingerprint density at radius 3 is 2.65 bits per heavy atom. The van der Waals surface area contributed by atoms with Crippen LogP contribution in [-0.4, -0.2) is 44.6 Å². The summed E-state index contributed by atoms with van der Waals surface area (Å²) in [5.74, 6) is 0.545. The lowest BCUT2D eigenvalue weighted by atomic mass is 10.3. The highest BCUT2D eigenvalue weighted by Crippen LogP contribution is 2.17. The fraction of sp³-hybridized carbons (Fsp3) is 0.462. The third-order valence-electron chi connectivity index (χ3n) is 2.32. The van der Waals surface area contributed by atoms with E-state index in [0.717, 1.165) is 18.7 Å². The summed E-state index contributed by atoms with van der Waals surface area (Å²) in [6.45, 7) is 1.63. The summed E-state index contributed by atoms with van der Waals surface area (Å²) in [6.07, 6.45) is 0.965. The second-order valence-electron chi connectivity index (χ2n) is 4.29. The van der Waals surface area contributed by atoms with Gasteiger partial charge in [-0.25, -0.2) is 0 Å². The van der Waals surface area contributed by atoms with Gasteiger partial charge in [-0.15, -0.1) is 24.8 Å². The number of hydrogen-bond donors (Lipinski definition) is 2. The number of nitrogens with two attached hydrogens (primary N) is 1. The average molecular weight is 324 g/mol. The van der Waals surface area contributed by atoms with Gasteiger partial charge < -0.3 is 20.7 Å². The number of ether oxygens (including phenoxy) is 1. The van der Waals surface area contributed by atoms with Crippen LogP contribution >= 0.6 is 24.8 Å². The summed E-state index contributed by atoms with van der Waals surface area (Å²) >= 11 is 0. The zero-order valence-corrected chi connectivity index (χ0v) is 13.4. The molecule has 0 radical (unpaired) electrons. The van der Waals surface area contributed by atoms with Crippen LogP contribution in [0.4, 0.5) is 5.69 Å². The fourth-order valence-electron chi connectivity index (χ4n) is 1.45. The maximum absolute atomic E-state index is 11.1. The third kappa shape index (κ3) is 8.98. The Balaban J connectivity index is 0. The molecule has 0 fully saturated rings. The number of carbonyl (C=O) groups is 1. The van der Waals surface area contributed by atoms with Crippen molar-refractivity contribution in [1.82, 2.24) is 4.90 Å². The van der Waals surface area contributed by atoms with E-state index in [1.54, 1.807) is 12.1 Å². The Hall–Kier alpha value is -1.01. The van der Waals surface area contributed by atoms with Crippen LogP contribution in [0.5, 0.6) is 5.75 Å². The van der Waals surface area contributed by atoms with Gasteiger partial charge in [0.15, 0.2) is 0 Å². The number of benzene rings is 1. The smallest absolute Gasteiger partial charge is 0.238 e. The highest BCUT2D eigenvalue weighted by molar-refractivity contribution is 5.92. The van der Waals surface area contributed by atoms with Gasteiger partial charge >= 0.3 is 0 Å². The lowest BCUT2D eigenvalue weighted by Crippen LogP contribution is -2.21. The molecule has 0 spiro atoms. The normalized spacial score (nSPS) is 9.40. The Labute approximate surface area is 132 Å². The number of amides is 1. The molecule has 0 aliphatic carbocycles. The topological polar surface area (TPSA) is 67.6 Å². The first-order valence-electron chi connectivity index (χ1n) is 5.99. The second kappa shape index (κ2) is 11.8. The van der Waals surface area contributed by atoms with Gasteiger partial charge in [0.25, 0.3) is 0 Å². The number of nitrogens with zero attached hydrogens (tertiary/aromatic N) is 1. The first kappa shape index (κ1) is 21.3. The monoisotopic (exact) mass is 323 g/mol. The number of rotatable bonds is 7. The molecular formula is C13H23Cl2N3O2. The third-order valence-corrected chi connectivity index (χ3v) is 2.32. The van der Waals surface area contributed by atoms with Gasteiger partial charge in [0.1, 0.15) is 5.75 Å². The van der Waals surface area contributed by atoms with Crippen molar-refractivity contribution in [1.29, 1.82) is 0 Å². The van der Waals surface area contributed by atoms with Crippen LogP contribution in [-0.2, 0) is 4.79 Å². The highest BCUT2D eigenvalue weighted by atomic mass is 35.5. The molecule has 20 heavy (non-hydrogen) atoms. The molecule has 5 nitrogen and oxygen atoms in total. The molecule has 0 aromatic heterocycles. The number of anilines is 1. The van der Waals surface area contributed by atoms with Crippen molar-refractivity contribution in [3.63, 3.8) is 0 Å². The molecule has 0 atom stereocenters. The van der Waals surface area contributed by atoms with Gasteiger partial charge in [-0.05, 0) is 32.6 Å². The van der Waals surface area contributed by atoms with Crippen LogP contribution in [0.25, 0.3) is 0 Å². The first-order chi connectivity index (χ1) is 8.61. The second-order valence-corrected chi connectivity index (χ2v) is 4.29. The molecular weight excluding hydrogens is 301 g/mol. The number of hydrogen-bond acceptors (Lipinski definition) is 4. The quantitative estimate of drug-likeness (QED) is 0.750. The van der Waals surface area contributed by atoms with Crippen LogP contribution in [0.3, 0.4) is 0 Å². The van der Waals surface area contributed by atoms with Crippen molar-refractivity contribution in [2.24, 2.45) is 5.73 Å². The first-order valence-corrected chi connectivity index (χ1v) is 5.99. The lowest BCUT2D eigenvalue weighted by molar-refractivity contribution is -0.114. The molecule has 1 amide bonds. The maximum atomic E-state index is 11.1. The standard InChI is InChI=1S/C13H21N3O2.2ClH/c1-16(2)7-4-8-18-12-6-3-5-11(9-12)15-13(17)10-14;;/h3,5-6,9H,4,7-8,10,14H2,1-2H3,(H,15,17);2*1H. The van der Waals surface area contributed by atoms with E-state index in [2.05, 4.69) is 10.2 Å². The van der Waals surface area contributed by atoms with Crippen molar-refractivity contribution in [2.45, 2.75) is 6.42 Å². The van der Waals surface area contributed by atoms with E-state index in [4.69, 9.17) is 10.5 Å². The molecule has 1 aromatic carbocycles. The molecule has 7 heteroatoms. The Morgan fingerprint density at radius 1 is 1.35 bits per heavy atom. The number of carbonyl (C=O) groups excluding carboxylic acids is 1. The predicted octanol–water partition coefficient (Wildman–Crippen LogP) is 1.76. The SMILES string of the molecule is CN(C)CCCOc1cccc(NC(=O)CN)c1.Cl.Cl. The minimum absolute atomic E-state index is 0. The molecule has 0 unspecified atom stereocenters. The van der Waals surface area contributed by atoms with Crippen molar-refractivity contribution in [2.75, 3.05) is 39.1 Å². The lowest BCUT2D eigenvalue weighted by Gasteiger charge is -2.11. The largest absolute Gasteiger partial charge is 0.493 e. The van der Waals surface area contributed by atoms with Gasteiger partial charge in [0, 0.05) is 18.3 Å². The molecule has 1 rings (SSSR count). The maximum Gasteiger partial charge on any atom is 0.238 e. The van der Waals surface area contributed by atoms with Crippen molar-refractivity contribution < 1.29 is 9.53 Å². The van der Waals surface area contributed by atoms with Crippen LogP contribution in [0.15, 0.2) is 24.3 Å². The van der Waals surface area contributed by atoms with E-state index in [1.807, 2.05) is 26.2 Å². The molecule has 0 saturated heterocycles. The summed E-state index contributed by atoms with van der Waals surface area (Å²) in [7, 11) is 4.06. The minimum atomic E-state index is -0.209. The van der Waals surface area contributed by atoms with Crippen molar-refractivity contribution in [3.8, 4) is 5.75 Å². The minimum Gasteiger partial charge on any atom is -0.493 e. The number of nitrogens with one attached hydrogen (secondary N) is 1. The van der Waals surface area contributed by atoms with Crippen molar-refractivity contribution >= 4 is 36.4 Å². The van der Waals surface area contributed by atoms with E-state index in [9.17, 15) is 4.79 Å². The highest BCUT2D eigenvalue weighted by Gasteiger charge is 2.01. The van der Waals surface area contributed by atoms with E-state index >= 15 is 0 Å². The van der Waals surface area contributed by atoms with Crippen molar-refractivity contribution in [3.05, 3.63) is 24.3 Å².